The Hall–Kier alpha value is -3.43. The van der Waals surface area contributed by atoms with Gasteiger partial charge in [0.05, 0.1) is 4.47 Å². The van der Waals surface area contributed by atoms with Gasteiger partial charge in [0.2, 0.25) is 0 Å². The van der Waals surface area contributed by atoms with Gasteiger partial charge in [0.1, 0.15) is 55.1 Å². The highest BCUT2D eigenvalue weighted by molar-refractivity contribution is 9.10. The summed E-state index contributed by atoms with van der Waals surface area (Å²) in [6.45, 7) is 0.302. The third-order valence-corrected chi connectivity index (χ3v) is 8.16. The summed E-state index contributed by atoms with van der Waals surface area (Å²) in [6, 6.07) is 2.90. The van der Waals surface area contributed by atoms with Gasteiger partial charge < -0.3 is 21.0 Å². The van der Waals surface area contributed by atoms with Crippen molar-refractivity contribution in [1.29, 1.82) is 0 Å². The molecule has 0 unspecified atom stereocenters. The number of β-lactam (4-membered cyclic amide) rings is 1. The fourth-order valence-corrected chi connectivity index (χ4v) is 6.36. The molecule has 3 aromatic rings. The fraction of sp³-hybridized carbons (Fsp3) is 0.238. The van der Waals surface area contributed by atoms with Crippen molar-refractivity contribution in [3.63, 3.8) is 0 Å². The fourth-order valence-electron chi connectivity index (χ4n) is 4.12. The van der Waals surface area contributed by atoms with Gasteiger partial charge in [-0.2, -0.15) is 0 Å². The van der Waals surface area contributed by atoms with Gasteiger partial charge in [0.15, 0.2) is 10.8 Å². The number of rotatable bonds is 7. The number of amides is 2. The Morgan fingerprint density at radius 3 is 2.94 bits per heavy atom. The second-order valence-corrected chi connectivity index (χ2v) is 10.8. The molecule has 1 fully saturated rings. The van der Waals surface area contributed by atoms with Crippen molar-refractivity contribution < 1.29 is 28.9 Å². The Kier molecular flexibility index (Phi) is 6.44. The average molecular weight is 593 g/mol. The highest BCUT2D eigenvalue weighted by Gasteiger charge is 2.54. The van der Waals surface area contributed by atoms with Crippen LogP contribution in [0.3, 0.4) is 0 Å². The molecule has 186 valence electrons. The van der Waals surface area contributed by atoms with Crippen LogP contribution in [0.2, 0.25) is 0 Å². The van der Waals surface area contributed by atoms with Crippen LogP contribution in [0, 0.1) is 0 Å². The van der Waals surface area contributed by atoms with Gasteiger partial charge in [-0.3, -0.25) is 14.5 Å². The van der Waals surface area contributed by atoms with E-state index in [9.17, 15) is 19.5 Å². The molecule has 2 aliphatic heterocycles. The Morgan fingerprint density at radius 1 is 1.44 bits per heavy atom. The summed E-state index contributed by atoms with van der Waals surface area (Å²) in [7, 11) is 1.28. The third kappa shape index (κ3) is 4.22. The first-order valence-corrected chi connectivity index (χ1v) is 13.2. The molecule has 0 aliphatic carbocycles. The lowest BCUT2D eigenvalue weighted by Crippen LogP contribution is -2.71. The van der Waals surface area contributed by atoms with Gasteiger partial charge in [-0.1, -0.05) is 5.16 Å². The number of imidazole rings is 1. The Balaban J connectivity index is 1.37. The maximum atomic E-state index is 13.0. The molecule has 2 amide bonds. The monoisotopic (exact) mass is 592 g/mol. The van der Waals surface area contributed by atoms with Gasteiger partial charge in [-0.15, -0.1) is 23.1 Å². The average Bonchev–Trinajstić information content (AvgIpc) is 3.45. The first-order chi connectivity index (χ1) is 17.3. The first-order valence-electron chi connectivity index (χ1n) is 10.5. The lowest BCUT2D eigenvalue weighted by atomic mass is 10.0. The molecule has 5 heterocycles. The third-order valence-electron chi connectivity index (χ3n) is 5.68. The second kappa shape index (κ2) is 9.55. The van der Waals surface area contributed by atoms with E-state index in [4.69, 9.17) is 10.6 Å². The maximum absolute atomic E-state index is 13.0. The number of halogens is 1. The predicted octanol–water partition coefficient (Wildman–Crippen LogP) is 0.817. The number of fused-ring (bicyclic) bond motifs is 2. The summed E-state index contributed by atoms with van der Waals surface area (Å²) in [5.74, 6) is -2.00. The van der Waals surface area contributed by atoms with Crippen LogP contribution >= 0.6 is 39.0 Å². The van der Waals surface area contributed by atoms with E-state index in [1.807, 2.05) is 39.7 Å². The van der Waals surface area contributed by atoms with E-state index in [0.29, 0.717) is 17.9 Å². The summed E-state index contributed by atoms with van der Waals surface area (Å²) in [5.41, 5.74) is 7.15. The van der Waals surface area contributed by atoms with Gasteiger partial charge in [-0.05, 0) is 22.0 Å². The zero-order valence-electron chi connectivity index (χ0n) is 18.6. The van der Waals surface area contributed by atoms with Gasteiger partial charge in [-0.25, -0.2) is 18.7 Å². The highest BCUT2D eigenvalue weighted by atomic mass is 79.9. The minimum atomic E-state index is -1.19. The van der Waals surface area contributed by atoms with Crippen LogP contribution in [0.5, 0.6) is 0 Å². The number of hydrogen-bond donors (Lipinski definition) is 3. The Bertz CT molecular complexity index is 1470. The number of hydrogen-bond acceptors (Lipinski definition) is 9. The molecule has 4 N–H and O–H groups in total. The smallest absolute Gasteiger partial charge is 0.352 e. The van der Waals surface area contributed by atoms with Crippen molar-refractivity contribution in [1.82, 2.24) is 19.6 Å². The number of oxime groups is 1. The van der Waals surface area contributed by atoms with E-state index < -0.39 is 29.2 Å². The number of nitrogens with zero attached hydrogens (tertiary/aromatic N) is 5. The minimum absolute atomic E-state index is 0.0590. The number of carboxylic acid groups (broad SMARTS) is 1. The van der Waals surface area contributed by atoms with Crippen molar-refractivity contribution >= 4 is 73.3 Å². The molecule has 0 aromatic carbocycles. The van der Waals surface area contributed by atoms with Crippen LogP contribution in [-0.2, 0) is 25.8 Å². The number of nitrogen functional groups attached to an aromatic ring is 1. The van der Waals surface area contributed by atoms with Crippen LogP contribution < -0.4 is 15.6 Å². The van der Waals surface area contributed by atoms with Crippen LogP contribution in [0.15, 0.2) is 57.0 Å². The standard InChI is InChI=1S/C21H18BrN7O5S2/c1-34-26-14(12-9-36-21(23)24-12)17(30)25-15-18(31)29-16(20(32)33)10(8-35-19(15)29)6-27-4-5-28-7-11(22)2-3-13(27)28/h2-5,7,9,15,19H,6,8H2,1H3,(H3-,23,24,25,30,32,33)/p+1/b26-14-/t15-,19+/m1/s1. The SMILES string of the molecule is CO/N=C(\C(=O)N[C@@H]1C(=O)N2C(C(=O)O)=C(C[n+]3ccn4cc(Br)ccc43)CS[C@@H]12)c1csc(N)n1. The number of nitrogens with one attached hydrogen (secondary N) is 1. The zero-order chi connectivity index (χ0) is 25.6. The lowest BCUT2D eigenvalue weighted by Gasteiger charge is -2.49. The number of thiazole rings is 1. The molecule has 3 aromatic heterocycles. The van der Waals surface area contributed by atoms with E-state index in [1.165, 1.54) is 23.8 Å². The van der Waals surface area contributed by atoms with Crippen molar-refractivity contribution in [2.75, 3.05) is 18.6 Å². The molecule has 0 radical (unpaired) electrons. The van der Waals surface area contributed by atoms with Crippen molar-refractivity contribution in [3.8, 4) is 0 Å². The zero-order valence-corrected chi connectivity index (χ0v) is 21.8. The molecule has 0 saturated carbocycles. The molecular formula is C21H19BrN7O5S2+. The number of pyridine rings is 1. The summed E-state index contributed by atoms with van der Waals surface area (Å²) < 4.78 is 4.75. The van der Waals surface area contributed by atoms with Crippen LogP contribution in [0.25, 0.3) is 5.65 Å². The Labute approximate surface area is 220 Å². The molecule has 0 spiro atoms. The summed E-state index contributed by atoms with van der Waals surface area (Å²) in [4.78, 5) is 48.2. The Morgan fingerprint density at radius 2 is 2.25 bits per heavy atom. The molecule has 15 heteroatoms. The number of anilines is 1. The highest BCUT2D eigenvalue weighted by Crippen LogP contribution is 2.40. The van der Waals surface area contributed by atoms with Crippen molar-refractivity contribution in [2.24, 2.45) is 5.16 Å². The molecular weight excluding hydrogens is 574 g/mol. The topological polar surface area (TPSA) is 156 Å². The second-order valence-electron chi connectivity index (χ2n) is 7.85. The lowest BCUT2D eigenvalue weighted by molar-refractivity contribution is -0.662. The molecule has 0 bridgehead atoms. The summed E-state index contributed by atoms with van der Waals surface area (Å²) in [5, 5.41) is 17.6. The normalized spacial score (nSPS) is 19.8. The molecule has 36 heavy (non-hydrogen) atoms. The molecule has 12 nitrogen and oxygen atoms in total. The largest absolute Gasteiger partial charge is 0.477 e. The van der Waals surface area contributed by atoms with E-state index in [2.05, 4.69) is 31.4 Å². The van der Waals surface area contributed by atoms with E-state index >= 15 is 0 Å². The maximum Gasteiger partial charge on any atom is 0.352 e. The number of thioether (sulfide) groups is 1. The van der Waals surface area contributed by atoms with E-state index in [1.54, 1.807) is 5.38 Å². The number of carbonyl (C=O) groups is 3. The van der Waals surface area contributed by atoms with E-state index in [0.717, 1.165) is 21.5 Å². The first kappa shape index (κ1) is 24.3. The van der Waals surface area contributed by atoms with E-state index in [-0.39, 0.29) is 22.2 Å². The van der Waals surface area contributed by atoms with Crippen LogP contribution in [0.1, 0.15) is 5.69 Å². The predicted molar refractivity (Wildman–Crippen MR) is 135 cm³/mol. The molecule has 1 saturated heterocycles. The van der Waals surface area contributed by atoms with Gasteiger partial charge in [0, 0.05) is 22.8 Å². The minimum Gasteiger partial charge on any atom is -0.477 e. The number of aliphatic carboxylic acids is 1. The quantitative estimate of drug-likeness (QED) is 0.157. The van der Waals surface area contributed by atoms with Crippen LogP contribution in [0.4, 0.5) is 5.13 Å². The van der Waals surface area contributed by atoms with Crippen molar-refractivity contribution in [2.45, 2.75) is 18.0 Å². The molecule has 2 atom stereocenters. The van der Waals surface area contributed by atoms with Gasteiger partial charge in [0.25, 0.3) is 17.5 Å². The summed E-state index contributed by atoms with van der Waals surface area (Å²) in [6.07, 6.45) is 5.63. The number of nitrogens with two attached hydrogens (primary N) is 1. The summed E-state index contributed by atoms with van der Waals surface area (Å²) >= 11 is 5.96. The number of aromatic nitrogens is 3. The van der Waals surface area contributed by atoms with Crippen LogP contribution in [-0.4, -0.2) is 67.2 Å². The van der Waals surface area contributed by atoms with Crippen molar-refractivity contribution in [3.05, 3.63) is 57.5 Å². The number of carbonyl (C=O) groups excluding carboxylic acids is 2. The van der Waals surface area contributed by atoms with Gasteiger partial charge >= 0.3 is 5.97 Å². The molecule has 5 rings (SSSR count). The number of carboxylic acids is 1. The molecule has 2 aliphatic rings.